The molecule has 1 aliphatic rings. The Morgan fingerprint density at radius 3 is 1.45 bits per heavy atom. The normalized spacial score (nSPS) is 14.6. The summed E-state index contributed by atoms with van der Waals surface area (Å²) in [6.07, 6.45) is 3.06. The molecule has 1 unspecified atom stereocenters. The van der Waals surface area contributed by atoms with Crippen LogP contribution in [-0.2, 0) is 4.57 Å². The second-order valence-electron chi connectivity index (χ2n) is 13.8. The van der Waals surface area contributed by atoms with Crippen LogP contribution in [0.3, 0.4) is 0 Å². The molecule has 0 fully saturated rings. The monoisotopic (exact) mass is 714 g/mol. The molecule has 3 heteroatoms. The smallest absolute Gasteiger partial charge is 0.156 e. The predicted molar refractivity (Wildman–Crippen MR) is 231 cm³/mol. The average molecular weight is 715 g/mol. The van der Waals surface area contributed by atoms with Gasteiger partial charge in [0.25, 0.3) is 0 Å². The van der Waals surface area contributed by atoms with Gasteiger partial charge in [0.15, 0.2) is 7.14 Å². The minimum Gasteiger partial charge on any atom is -0.312 e. The molecule has 0 bridgehead atoms. The number of thioether (sulfide) groups is 1. The van der Waals surface area contributed by atoms with E-state index in [2.05, 4.69) is 133 Å². The highest BCUT2D eigenvalue weighted by Gasteiger charge is 2.39. The SMILES string of the molecule is O=P(c1ccccc1)(c1ccccc1)C1CC=C(c2ccc3c(-c4cccc5ccccc45)c4ccccc4c(-c4cccc5ccccc45)c3c2)S1. The van der Waals surface area contributed by atoms with Crippen molar-refractivity contribution in [3.05, 3.63) is 200 Å². The maximum absolute atomic E-state index is 15.4. The highest BCUT2D eigenvalue weighted by Crippen LogP contribution is 2.60. The number of fused-ring (bicyclic) bond motifs is 4. The van der Waals surface area contributed by atoms with Crippen molar-refractivity contribution in [1.29, 1.82) is 0 Å². The van der Waals surface area contributed by atoms with Gasteiger partial charge in [-0.3, -0.25) is 0 Å². The molecule has 0 spiro atoms. The van der Waals surface area contributed by atoms with Crippen molar-refractivity contribution in [1.82, 2.24) is 0 Å². The van der Waals surface area contributed by atoms with Crippen LogP contribution in [0.15, 0.2) is 194 Å². The van der Waals surface area contributed by atoms with E-state index in [4.69, 9.17) is 0 Å². The van der Waals surface area contributed by atoms with Crippen molar-refractivity contribution in [2.45, 2.75) is 11.4 Å². The molecule has 10 rings (SSSR count). The average Bonchev–Trinajstić information content (AvgIpc) is 3.74. The molecule has 1 atom stereocenters. The quantitative estimate of drug-likeness (QED) is 0.126. The number of hydrogen-bond donors (Lipinski definition) is 0. The first-order valence-corrected chi connectivity index (χ1v) is 20.9. The van der Waals surface area contributed by atoms with Crippen LogP contribution in [0.5, 0.6) is 0 Å². The van der Waals surface area contributed by atoms with Crippen LogP contribution >= 0.6 is 18.9 Å². The fraction of sp³-hybridized carbons (Fsp3) is 0.0400. The number of benzene rings is 9. The number of allylic oxidation sites excluding steroid dienone is 1. The van der Waals surface area contributed by atoms with Crippen molar-refractivity contribution in [3.63, 3.8) is 0 Å². The van der Waals surface area contributed by atoms with Crippen LogP contribution in [0.25, 0.3) is 70.2 Å². The molecule has 0 aliphatic carbocycles. The summed E-state index contributed by atoms with van der Waals surface area (Å²) in [5.41, 5.74) is 6.14. The molecule has 0 saturated heterocycles. The third-order valence-corrected chi connectivity index (χ3v) is 16.4. The largest absolute Gasteiger partial charge is 0.312 e. The minimum absolute atomic E-state index is 0.0848. The molecule has 9 aromatic rings. The lowest BCUT2D eigenvalue weighted by molar-refractivity contribution is 0.585. The fourth-order valence-electron chi connectivity index (χ4n) is 8.44. The van der Waals surface area contributed by atoms with Crippen molar-refractivity contribution >= 4 is 77.5 Å². The van der Waals surface area contributed by atoms with E-state index in [9.17, 15) is 0 Å². The zero-order valence-electron chi connectivity index (χ0n) is 29.0. The molecule has 1 heterocycles. The predicted octanol–water partition coefficient (Wildman–Crippen LogP) is 13.5. The van der Waals surface area contributed by atoms with Gasteiger partial charge in [-0.25, -0.2) is 0 Å². The molecule has 1 aliphatic heterocycles. The lowest BCUT2D eigenvalue weighted by Gasteiger charge is -2.25. The van der Waals surface area contributed by atoms with Gasteiger partial charge in [0.05, 0.1) is 4.99 Å². The summed E-state index contributed by atoms with van der Waals surface area (Å²) in [4.78, 5) is 1.10. The summed E-state index contributed by atoms with van der Waals surface area (Å²) in [5, 5.41) is 11.7. The first-order valence-electron chi connectivity index (χ1n) is 18.2. The number of rotatable bonds is 6. The van der Waals surface area contributed by atoms with Crippen LogP contribution in [0.1, 0.15) is 12.0 Å². The van der Waals surface area contributed by atoms with E-state index in [1.165, 1.54) is 75.8 Å². The summed E-state index contributed by atoms with van der Waals surface area (Å²) in [6, 6.07) is 66.9. The van der Waals surface area contributed by atoms with Gasteiger partial charge in [-0.1, -0.05) is 188 Å². The van der Waals surface area contributed by atoms with Gasteiger partial charge >= 0.3 is 0 Å². The Labute approximate surface area is 314 Å². The molecule has 0 aromatic heterocycles. The Bertz CT molecular complexity index is 2880. The van der Waals surface area contributed by atoms with Crippen LogP contribution in [0.4, 0.5) is 0 Å². The Morgan fingerprint density at radius 2 is 0.887 bits per heavy atom. The van der Waals surface area contributed by atoms with E-state index >= 15 is 4.57 Å². The molecule has 252 valence electrons. The molecular weight excluding hydrogens is 680 g/mol. The standard InChI is InChI=1S/C50H35OPS/c51-52(37-19-3-1-4-20-37,38-21-5-2-6-22-38)48-32-31-47(53-48)36-29-30-45-46(33-36)50(42-28-14-18-35-16-8-10-24-40(35)42)44-26-12-11-25-43(44)49(45)41-27-13-17-34-15-7-9-23-39(34)41/h1-31,33,48H,32H2. The molecule has 0 amide bonds. The molecule has 9 aromatic carbocycles. The van der Waals surface area contributed by atoms with Gasteiger partial charge < -0.3 is 4.57 Å². The third-order valence-electron chi connectivity index (χ3n) is 10.9. The Hall–Kier alpha value is -5.66. The first kappa shape index (κ1) is 32.0. The van der Waals surface area contributed by atoms with E-state index in [1.54, 1.807) is 11.8 Å². The number of hydrogen-bond acceptors (Lipinski definition) is 2. The van der Waals surface area contributed by atoms with Gasteiger partial charge in [-0.2, -0.15) is 0 Å². The maximum atomic E-state index is 15.4. The van der Waals surface area contributed by atoms with Crippen LogP contribution in [0, 0.1) is 0 Å². The summed E-state index contributed by atoms with van der Waals surface area (Å²) in [5.74, 6) is 0. The van der Waals surface area contributed by atoms with Gasteiger partial charge in [-0.15, -0.1) is 11.8 Å². The molecule has 0 N–H and O–H groups in total. The molecule has 0 radical (unpaired) electrons. The summed E-state index contributed by atoms with van der Waals surface area (Å²) in [7, 11) is -2.96. The Kier molecular flexibility index (Phi) is 7.90. The van der Waals surface area contributed by atoms with E-state index in [1.807, 2.05) is 60.7 Å². The van der Waals surface area contributed by atoms with Crippen molar-refractivity contribution in [3.8, 4) is 22.3 Å². The second-order valence-corrected chi connectivity index (χ2v) is 18.4. The third kappa shape index (κ3) is 5.28. The van der Waals surface area contributed by atoms with Gasteiger partial charge in [0, 0.05) is 15.5 Å². The molecular formula is C50H35OPS. The van der Waals surface area contributed by atoms with Crippen LogP contribution in [-0.4, -0.2) is 4.99 Å². The van der Waals surface area contributed by atoms with Crippen LogP contribution < -0.4 is 10.6 Å². The van der Waals surface area contributed by atoms with E-state index in [-0.39, 0.29) is 4.99 Å². The second kappa shape index (κ2) is 13.1. The summed E-state index contributed by atoms with van der Waals surface area (Å²) in [6.45, 7) is 0. The summed E-state index contributed by atoms with van der Waals surface area (Å²) >= 11 is 1.78. The molecule has 53 heavy (non-hydrogen) atoms. The van der Waals surface area contributed by atoms with Crippen molar-refractivity contribution in [2.75, 3.05) is 0 Å². The summed E-state index contributed by atoms with van der Waals surface area (Å²) < 4.78 is 15.4. The molecule has 1 nitrogen and oxygen atoms in total. The van der Waals surface area contributed by atoms with Gasteiger partial charge in [0.2, 0.25) is 0 Å². The topological polar surface area (TPSA) is 17.1 Å². The zero-order chi connectivity index (χ0) is 35.4. The molecule has 0 saturated carbocycles. The Morgan fingerprint density at radius 1 is 0.434 bits per heavy atom. The van der Waals surface area contributed by atoms with Gasteiger partial charge in [-0.05, 0) is 83.4 Å². The minimum atomic E-state index is -2.96. The maximum Gasteiger partial charge on any atom is 0.156 e. The lowest BCUT2D eigenvalue weighted by atomic mass is 9.83. The highest BCUT2D eigenvalue weighted by molar-refractivity contribution is 8.15. The van der Waals surface area contributed by atoms with Crippen molar-refractivity contribution < 1.29 is 4.57 Å². The van der Waals surface area contributed by atoms with Gasteiger partial charge in [0.1, 0.15) is 0 Å². The van der Waals surface area contributed by atoms with Crippen LogP contribution in [0.2, 0.25) is 0 Å². The fourth-order valence-corrected chi connectivity index (χ4v) is 13.6. The zero-order valence-corrected chi connectivity index (χ0v) is 30.7. The van der Waals surface area contributed by atoms with Crippen molar-refractivity contribution in [2.24, 2.45) is 0 Å². The van der Waals surface area contributed by atoms with E-state index < -0.39 is 7.14 Å². The highest BCUT2D eigenvalue weighted by atomic mass is 32.2. The van der Waals surface area contributed by atoms with E-state index in [0.717, 1.165) is 17.0 Å². The van der Waals surface area contributed by atoms with E-state index in [0.29, 0.717) is 0 Å². The Balaban J connectivity index is 1.21. The lowest BCUT2D eigenvalue weighted by Crippen LogP contribution is -2.22. The first-order chi connectivity index (χ1) is 26.2.